The van der Waals surface area contributed by atoms with Crippen molar-refractivity contribution in [3.63, 3.8) is 0 Å². The average molecular weight is 369 g/mol. The monoisotopic (exact) mass is 369 g/mol. The van der Waals surface area contributed by atoms with E-state index in [1.807, 2.05) is 0 Å². The van der Waals surface area contributed by atoms with E-state index in [9.17, 15) is 22.8 Å². The number of likely N-dealkylation sites (N-methyl/N-ethyl adjacent to an activating group) is 1. The van der Waals surface area contributed by atoms with Crippen LogP contribution in [0.4, 0.5) is 19.0 Å². The first kappa shape index (κ1) is 17.4. The molecule has 132 valence electrons. The Morgan fingerprint density at radius 3 is 2.56 bits per heavy atom. The minimum absolute atomic E-state index is 0.263. The summed E-state index contributed by atoms with van der Waals surface area (Å²) in [5.41, 5.74) is 1.30. The molecule has 2 aromatic rings. The number of carbonyl (C=O) groups excluding carboxylic acids is 2. The standard InChI is InChI=1S/C16H14F3N3O2S/c1-22-6-11(9-2-4-10(5-3-9)16(17,18)19)13(15(22)24)14(23)21-12-7-25-8-20-12/h2-5,7-8,11,13H,6H2,1H3,(H,21,23)/t11-,13+/m0/s1. The van der Waals surface area contributed by atoms with Gasteiger partial charge in [0.1, 0.15) is 11.7 Å². The van der Waals surface area contributed by atoms with Crippen molar-refractivity contribution in [1.82, 2.24) is 9.88 Å². The smallest absolute Gasteiger partial charge is 0.344 e. The van der Waals surface area contributed by atoms with Crippen molar-refractivity contribution in [3.8, 4) is 0 Å². The van der Waals surface area contributed by atoms with Crippen LogP contribution in [0.25, 0.3) is 0 Å². The fraction of sp³-hybridized carbons (Fsp3) is 0.312. The second-order valence-corrected chi connectivity index (χ2v) is 6.50. The quantitative estimate of drug-likeness (QED) is 0.846. The predicted molar refractivity (Wildman–Crippen MR) is 86.1 cm³/mol. The van der Waals surface area contributed by atoms with E-state index in [0.717, 1.165) is 12.1 Å². The number of nitrogens with one attached hydrogen (secondary N) is 1. The van der Waals surface area contributed by atoms with Crippen LogP contribution in [0.15, 0.2) is 35.2 Å². The molecule has 9 heteroatoms. The van der Waals surface area contributed by atoms with Gasteiger partial charge in [0.2, 0.25) is 11.8 Å². The SMILES string of the molecule is CN1C[C@@H](c2ccc(C(F)(F)F)cc2)[C@H](C(=O)Nc2cscn2)C1=O. The van der Waals surface area contributed by atoms with E-state index in [0.29, 0.717) is 11.4 Å². The lowest BCUT2D eigenvalue weighted by atomic mass is 9.87. The zero-order valence-corrected chi connectivity index (χ0v) is 13.9. The Morgan fingerprint density at radius 1 is 1.32 bits per heavy atom. The molecule has 0 spiro atoms. The van der Waals surface area contributed by atoms with Gasteiger partial charge in [-0.15, -0.1) is 11.3 Å². The first-order chi connectivity index (χ1) is 11.8. The molecular formula is C16H14F3N3O2S. The van der Waals surface area contributed by atoms with Gasteiger partial charge >= 0.3 is 6.18 Å². The number of nitrogens with zero attached hydrogens (tertiary/aromatic N) is 2. The van der Waals surface area contributed by atoms with Gasteiger partial charge in [0.05, 0.1) is 11.1 Å². The van der Waals surface area contributed by atoms with Crippen LogP contribution < -0.4 is 5.32 Å². The summed E-state index contributed by atoms with van der Waals surface area (Å²) in [5.74, 6) is -2.03. The molecule has 0 saturated carbocycles. The summed E-state index contributed by atoms with van der Waals surface area (Å²) in [7, 11) is 1.57. The van der Waals surface area contributed by atoms with E-state index in [-0.39, 0.29) is 12.5 Å². The van der Waals surface area contributed by atoms with Crippen molar-refractivity contribution >= 4 is 29.0 Å². The van der Waals surface area contributed by atoms with Gasteiger partial charge in [-0.2, -0.15) is 13.2 Å². The van der Waals surface area contributed by atoms with Crippen molar-refractivity contribution in [2.24, 2.45) is 5.92 Å². The highest BCUT2D eigenvalue weighted by atomic mass is 32.1. The van der Waals surface area contributed by atoms with Crippen LogP contribution in [0.3, 0.4) is 0 Å². The lowest BCUT2D eigenvalue weighted by molar-refractivity contribution is -0.138. The number of aromatic nitrogens is 1. The van der Waals surface area contributed by atoms with E-state index in [4.69, 9.17) is 0 Å². The number of rotatable bonds is 3. The molecule has 0 radical (unpaired) electrons. The number of thiazole rings is 1. The minimum Gasteiger partial charge on any atom is -0.344 e. The van der Waals surface area contributed by atoms with Crippen LogP contribution in [-0.4, -0.2) is 35.3 Å². The van der Waals surface area contributed by atoms with Gasteiger partial charge in [-0.05, 0) is 17.7 Å². The highest BCUT2D eigenvalue weighted by molar-refractivity contribution is 7.07. The largest absolute Gasteiger partial charge is 0.416 e. The van der Waals surface area contributed by atoms with E-state index < -0.39 is 29.5 Å². The molecule has 1 aliphatic rings. The molecule has 2 atom stereocenters. The molecular weight excluding hydrogens is 355 g/mol. The van der Waals surface area contributed by atoms with Gasteiger partial charge in [0, 0.05) is 24.9 Å². The third-order valence-electron chi connectivity index (χ3n) is 4.15. The van der Waals surface area contributed by atoms with E-state index in [1.54, 1.807) is 17.9 Å². The minimum atomic E-state index is -4.43. The van der Waals surface area contributed by atoms with Crippen LogP contribution in [0.5, 0.6) is 0 Å². The molecule has 0 aliphatic carbocycles. The summed E-state index contributed by atoms with van der Waals surface area (Å²) in [6.45, 7) is 0.263. The Morgan fingerprint density at radius 2 is 2.00 bits per heavy atom. The Balaban J connectivity index is 1.85. The fourth-order valence-corrected chi connectivity index (χ4v) is 3.37. The number of hydrogen-bond acceptors (Lipinski definition) is 4. The molecule has 1 aromatic carbocycles. The molecule has 2 amide bonds. The van der Waals surface area contributed by atoms with Gasteiger partial charge < -0.3 is 10.2 Å². The van der Waals surface area contributed by atoms with Crippen LogP contribution in [0.1, 0.15) is 17.0 Å². The summed E-state index contributed by atoms with van der Waals surface area (Å²) < 4.78 is 38.1. The lowest BCUT2D eigenvalue weighted by Gasteiger charge is -2.17. The number of anilines is 1. The Bertz CT molecular complexity index is 775. The van der Waals surface area contributed by atoms with Crippen LogP contribution in [0, 0.1) is 5.92 Å². The van der Waals surface area contributed by atoms with Crippen molar-refractivity contribution in [2.45, 2.75) is 12.1 Å². The summed E-state index contributed by atoms with van der Waals surface area (Å²) in [6.07, 6.45) is -4.43. The number of hydrogen-bond donors (Lipinski definition) is 1. The molecule has 3 rings (SSSR count). The maximum atomic E-state index is 12.7. The molecule has 1 aliphatic heterocycles. The summed E-state index contributed by atoms with van der Waals surface area (Å²) in [6, 6.07) is 4.58. The zero-order chi connectivity index (χ0) is 18.2. The fourth-order valence-electron chi connectivity index (χ4n) is 2.89. The molecule has 1 N–H and O–H groups in total. The van der Waals surface area contributed by atoms with Crippen molar-refractivity contribution < 1.29 is 22.8 Å². The number of carbonyl (C=O) groups is 2. The molecule has 1 fully saturated rings. The number of benzene rings is 1. The normalized spacial score (nSPS) is 20.8. The molecule has 0 unspecified atom stereocenters. The Labute approximate surface area is 145 Å². The molecule has 2 heterocycles. The third-order valence-corrected chi connectivity index (χ3v) is 4.73. The van der Waals surface area contributed by atoms with Crippen molar-refractivity contribution in [2.75, 3.05) is 18.9 Å². The number of halogens is 3. The van der Waals surface area contributed by atoms with Gasteiger partial charge in [-0.1, -0.05) is 12.1 Å². The Hall–Kier alpha value is -2.42. The first-order valence-electron chi connectivity index (χ1n) is 7.38. The predicted octanol–water partition coefficient (Wildman–Crippen LogP) is 2.97. The Kier molecular flexibility index (Phi) is 4.51. The number of likely N-dealkylation sites (tertiary alicyclic amines) is 1. The van der Waals surface area contributed by atoms with Crippen molar-refractivity contribution in [1.29, 1.82) is 0 Å². The summed E-state index contributed by atoms with van der Waals surface area (Å²) in [4.78, 5) is 30.2. The molecule has 1 aromatic heterocycles. The van der Waals surface area contributed by atoms with Gasteiger partial charge in [0.25, 0.3) is 0 Å². The van der Waals surface area contributed by atoms with Crippen LogP contribution >= 0.6 is 11.3 Å². The highest BCUT2D eigenvalue weighted by Gasteiger charge is 2.44. The van der Waals surface area contributed by atoms with E-state index >= 15 is 0 Å². The van der Waals surface area contributed by atoms with Crippen molar-refractivity contribution in [3.05, 3.63) is 46.3 Å². The highest BCUT2D eigenvalue weighted by Crippen LogP contribution is 2.36. The molecule has 25 heavy (non-hydrogen) atoms. The topological polar surface area (TPSA) is 62.3 Å². The summed E-state index contributed by atoms with van der Waals surface area (Å²) in [5, 5.41) is 4.22. The maximum Gasteiger partial charge on any atom is 0.416 e. The maximum absolute atomic E-state index is 12.7. The van der Waals surface area contributed by atoms with Gasteiger partial charge in [-0.3, -0.25) is 9.59 Å². The van der Waals surface area contributed by atoms with E-state index in [1.165, 1.54) is 28.4 Å². The van der Waals surface area contributed by atoms with Crippen LogP contribution in [0.2, 0.25) is 0 Å². The average Bonchev–Trinajstić information content (AvgIpc) is 3.15. The van der Waals surface area contributed by atoms with Gasteiger partial charge in [-0.25, -0.2) is 4.98 Å². The van der Waals surface area contributed by atoms with Gasteiger partial charge in [0.15, 0.2) is 0 Å². The number of amides is 2. The second kappa shape index (κ2) is 6.47. The molecule has 5 nitrogen and oxygen atoms in total. The lowest BCUT2D eigenvalue weighted by Crippen LogP contribution is -2.32. The number of alkyl halides is 3. The third kappa shape index (κ3) is 3.51. The second-order valence-electron chi connectivity index (χ2n) is 5.79. The first-order valence-corrected chi connectivity index (χ1v) is 8.33. The zero-order valence-electron chi connectivity index (χ0n) is 13.1. The van der Waals surface area contributed by atoms with E-state index in [2.05, 4.69) is 10.3 Å². The van der Waals surface area contributed by atoms with Crippen LogP contribution in [-0.2, 0) is 15.8 Å². The summed E-state index contributed by atoms with van der Waals surface area (Å²) >= 11 is 1.30. The molecule has 1 saturated heterocycles. The molecule has 0 bridgehead atoms.